The fourth-order valence-electron chi connectivity index (χ4n) is 0.994. The summed E-state index contributed by atoms with van der Waals surface area (Å²) in [5, 5.41) is 0. The van der Waals surface area contributed by atoms with Crippen LogP contribution in [0.5, 0.6) is 0 Å². The first kappa shape index (κ1) is 10.3. The number of nitrogens with two attached hydrogens (primary N) is 1. The average Bonchev–Trinajstić information content (AvgIpc) is 2.05. The number of sulfone groups is 1. The Labute approximate surface area is 74.8 Å². The van der Waals surface area contributed by atoms with Crippen molar-refractivity contribution in [2.24, 2.45) is 5.73 Å². The molecular weight excluding hydrogens is 200 g/mol. The standard InChI is InChI=1S/C7H9F2NO2S/c8-6(9)13(11,12)7(10)4-2-1-3-5-7/h1-4,6H,5,10H2. The monoisotopic (exact) mass is 209 g/mol. The molecule has 0 bridgehead atoms. The minimum absolute atomic E-state index is 0.115. The van der Waals surface area contributed by atoms with Crippen molar-refractivity contribution in [2.45, 2.75) is 17.0 Å². The van der Waals surface area contributed by atoms with Gasteiger partial charge in [-0.2, -0.15) is 8.78 Å². The smallest absolute Gasteiger partial charge is 0.309 e. The third-order valence-electron chi connectivity index (χ3n) is 1.83. The van der Waals surface area contributed by atoms with Crippen LogP contribution in [-0.4, -0.2) is 19.0 Å². The van der Waals surface area contributed by atoms with Gasteiger partial charge in [0.05, 0.1) is 0 Å². The van der Waals surface area contributed by atoms with E-state index in [1.807, 2.05) is 0 Å². The molecule has 0 saturated carbocycles. The number of allylic oxidation sites excluding steroid dienone is 2. The number of alkyl halides is 2. The summed E-state index contributed by atoms with van der Waals surface area (Å²) in [5.74, 6) is -3.44. The Hall–Kier alpha value is -0.750. The number of rotatable bonds is 2. The van der Waals surface area contributed by atoms with Crippen LogP contribution < -0.4 is 5.73 Å². The SMILES string of the molecule is NC1(S(=O)(=O)C(F)F)C=CC=CC1. The Morgan fingerprint density at radius 1 is 1.38 bits per heavy atom. The molecule has 1 atom stereocenters. The van der Waals surface area contributed by atoms with Crippen LogP contribution in [-0.2, 0) is 9.84 Å². The summed E-state index contributed by atoms with van der Waals surface area (Å²) in [6.45, 7) is 0. The molecule has 74 valence electrons. The molecule has 1 rings (SSSR count). The van der Waals surface area contributed by atoms with Crippen LogP contribution >= 0.6 is 0 Å². The Morgan fingerprint density at radius 2 is 2.00 bits per heavy atom. The van der Waals surface area contributed by atoms with Gasteiger partial charge in [0.15, 0.2) is 0 Å². The van der Waals surface area contributed by atoms with E-state index in [4.69, 9.17) is 5.73 Å². The molecule has 1 unspecified atom stereocenters. The van der Waals surface area contributed by atoms with Crippen LogP contribution in [0.1, 0.15) is 6.42 Å². The highest BCUT2D eigenvalue weighted by atomic mass is 32.2. The van der Waals surface area contributed by atoms with Crippen LogP contribution in [0, 0.1) is 0 Å². The van der Waals surface area contributed by atoms with Crippen LogP contribution in [0.3, 0.4) is 0 Å². The molecule has 0 aromatic rings. The predicted octanol–water partition coefficient (Wildman–Crippen LogP) is 0.795. The molecule has 0 saturated heterocycles. The average molecular weight is 209 g/mol. The summed E-state index contributed by atoms with van der Waals surface area (Å²) in [6, 6.07) is 0. The van der Waals surface area contributed by atoms with Crippen molar-refractivity contribution in [1.82, 2.24) is 0 Å². The highest BCUT2D eigenvalue weighted by Crippen LogP contribution is 2.26. The van der Waals surface area contributed by atoms with Crippen molar-refractivity contribution >= 4 is 9.84 Å². The van der Waals surface area contributed by atoms with Crippen molar-refractivity contribution in [3.8, 4) is 0 Å². The van der Waals surface area contributed by atoms with E-state index in [0.717, 1.165) is 6.08 Å². The minimum Gasteiger partial charge on any atom is -0.309 e. The lowest BCUT2D eigenvalue weighted by Crippen LogP contribution is -2.48. The van der Waals surface area contributed by atoms with Gasteiger partial charge >= 0.3 is 5.76 Å². The van der Waals surface area contributed by atoms with Crippen molar-refractivity contribution in [3.05, 3.63) is 24.3 Å². The summed E-state index contributed by atoms with van der Waals surface area (Å²) in [5.41, 5.74) is 5.33. The summed E-state index contributed by atoms with van der Waals surface area (Å²) >= 11 is 0. The number of halogens is 2. The van der Waals surface area contributed by atoms with Gasteiger partial charge in [0.25, 0.3) is 0 Å². The van der Waals surface area contributed by atoms with Gasteiger partial charge in [-0.05, 0) is 6.08 Å². The van der Waals surface area contributed by atoms with E-state index in [2.05, 4.69) is 0 Å². The lowest BCUT2D eigenvalue weighted by Gasteiger charge is -2.25. The first-order valence-electron chi connectivity index (χ1n) is 3.55. The largest absolute Gasteiger partial charge is 0.338 e. The Balaban J connectivity index is 3.07. The Morgan fingerprint density at radius 3 is 2.38 bits per heavy atom. The van der Waals surface area contributed by atoms with Crippen molar-refractivity contribution in [2.75, 3.05) is 0 Å². The van der Waals surface area contributed by atoms with Crippen LogP contribution in [0.4, 0.5) is 8.78 Å². The van der Waals surface area contributed by atoms with Gasteiger partial charge in [0.1, 0.15) is 4.87 Å². The maximum absolute atomic E-state index is 12.1. The highest BCUT2D eigenvalue weighted by molar-refractivity contribution is 7.93. The molecule has 1 aliphatic carbocycles. The molecular formula is C7H9F2NO2S. The van der Waals surface area contributed by atoms with Crippen LogP contribution in [0.2, 0.25) is 0 Å². The van der Waals surface area contributed by atoms with E-state index in [1.165, 1.54) is 12.2 Å². The molecule has 0 aliphatic heterocycles. The molecule has 1 aliphatic rings. The predicted molar refractivity (Wildman–Crippen MR) is 44.7 cm³/mol. The zero-order valence-corrected chi connectivity index (χ0v) is 7.47. The highest BCUT2D eigenvalue weighted by Gasteiger charge is 2.43. The van der Waals surface area contributed by atoms with Gasteiger partial charge in [-0.15, -0.1) is 0 Å². The lowest BCUT2D eigenvalue weighted by molar-refractivity contribution is 0.230. The molecule has 13 heavy (non-hydrogen) atoms. The molecule has 6 heteroatoms. The van der Waals surface area contributed by atoms with E-state index in [9.17, 15) is 17.2 Å². The third kappa shape index (κ3) is 1.64. The van der Waals surface area contributed by atoms with Gasteiger partial charge in [-0.3, -0.25) is 0 Å². The van der Waals surface area contributed by atoms with E-state index >= 15 is 0 Å². The molecule has 3 nitrogen and oxygen atoms in total. The fourth-order valence-corrected chi connectivity index (χ4v) is 1.92. The zero-order valence-electron chi connectivity index (χ0n) is 6.65. The van der Waals surface area contributed by atoms with Crippen LogP contribution in [0.25, 0.3) is 0 Å². The summed E-state index contributed by atoms with van der Waals surface area (Å²) < 4.78 is 46.3. The zero-order chi connectivity index (χ0) is 10.1. The molecule has 2 N–H and O–H groups in total. The Bertz CT molecular complexity index is 348. The summed E-state index contributed by atoms with van der Waals surface area (Å²) in [4.78, 5) is -1.95. The van der Waals surface area contributed by atoms with E-state index in [1.54, 1.807) is 6.08 Å². The quantitative estimate of drug-likeness (QED) is 0.731. The maximum atomic E-state index is 12.1. The van der Waals surface area contributed by atoms with Gasteiger partial charge in [-0.25, -0.2) is 8.42 Å². The maximum Gasteiger partial charge on any atom is 0.338 e. The Kier molecular flexibility index (Phi) is 2.53. The topological polar surface area (TPSA) is 60.2 Å². The second-order valence-corrected chi connectivity index (χ2v) is 4.96. The van der Waals surface area contributed by atoms with Crippen molar-refractivity contribution in [3.63, 3.8) is 0 Å². The lowest BCUT2D eigenvalue weighted by atomic mass is 10.1. The van der Waals surface area contributed by atoms with E-state index < -0.39 is 20.5 Å². The van der Waals surface area contributed by atoms with Crippen molar-refractivity contribution in [1.29, 1.82) is 0 Å². The summed E-state index contributed by atoms with van der Waals surface area (Å²) in [6.07, 6.45) is 5.32. The number of hydrogen-bond acceptors (Lipinski definition) is 3. The van der Waals surface area contributed by atoms with E-state index in [-0.39, 0.29) is 6.42 Å². The second-order valence-electron chi connectivity index (χ2n) is 2.75. The molecule has 0 amide bonds. The molecule has 0 aromatic heterocycles. The molecule has 0 aromatic carbocycles. The van der Waals surface area contributed by atoms with Gasteiger partial charge in [0.2, 0.25) is 9.84 Å². The second kappa shape index (κ2) is 3.19. The fraction of sp³-hybridized carbons (Fsp3) is 0.429. The molecule has 0 heterocycles. The molecule has 0 spiro atoms. The normalized spacial score (nSPS) is 28.3. The first-order chi connectivity index (χ1) is 5.90. The minimum atomic E-state index is -4.59. The van der Waals surface area contributed by atoms with Gasteiger partial charge in [0, 0.05) is 6.42 Å². The van der Waals surface area contributed by atoms with E-state index in [0.29, 0.717) is 0 Å². The van der Waals surface area contributed by atoms with Gasteiger partial charge in [-0.1, -0.05) is 18.2 Å². The third-order valence-corrected chi connectivity index (χ3v) is 3.66. The number of hydrogen-bond donors (Lipinski definition) is 1. The first-order valence-corrected chi connectivity index (χ1v) is 5.10. The van der Waals surface area contributed by atoms with Gasteiger partial charge < -0.3 is 5.73 Å². The molecule has 0 fully saturated rings. The van der Waals surface area contributed by atoms with Crippen molar-refractivity contribution < 1.29 is 17.2 Å². The summed E-state index contributed by atoms with van der Waals surface area (Å²) in [7, 11) is -4.59. The molecule has 0 radical (unpaired) electrons. The van der Waals surface area contributed by atoms with Crippen LogP contribution in [0.15, 0.2) is 24.3 Å².